The lowest BCUT2D eigenvalue weighted by Crippen LogP contribution is -2.16. The molecule has 1 aliphatic rings. The molecule has 0 saturated heterocycles. The highest BCUT2D eigenvalue weighted by atomic mass is 16.2. The van der Waals surface area contributed by atoms with Gasteiger partial charge in [-0.1, -0.05) is 19.8 Å². The van der Waals surface area contributed by atoms with Gasteiger partial charge in [0.05, 0.1) is 12.3 Å². The zero-order chi connectivity index (χ0) is 9.14. The molecule has 1 aliphatic carbocycles. The zero-order valence-electron chi connectivity index (χ0n) is 7.13. The number of hydrogen-bond acceptors (Lipinski definition) is 3. The first kappa shape index (κ1) is 9.10. The maximum Gasteiger partial charge on any atom is 0.209 e. The van der Waals surface area contributed by atoms with Crippen LogP contribution in [-0.4, -0.2) is 17.3 Å². The Morgan fingerprint density at radius 3 is 2.42 bits per heavy atom. The molecule has 0 heterocycles. The van der Waals surface area contributed by atoms with Crippen molar-refractivity contribution >= 4 is 17.3 Å². The molecule has 1 saturated carbocycles. The van der Waals surface area contributed by atoms with Crippen LogP contribution in [0.15, 0.2) is 0 Å². The van der Waals surface area contributed by atoms with Gasteiger partial charge in [-0.05, 0) is 6.42 Å². The van der Waals surface area contributed by atoms with E-state index in [0.717, 1.165) is 12.8 Å². The molecule has 1 fully saturated rings. The van der Waals surface area contributed by atoms with Crippen molar-refractivity contribution in [1.29, 1.82) is 0 Å². The van der Waals surface area contributed by atoms with E-state index in [2.05, 4.69) is 0 Å². The summed E-state index contributed by atoms with van der Waals surface area (Å²) < 4.78 is 0. The predicted molar refractivity (Wildman–Crippen MR) is 42.7 cm³/mol. The number of unbranched alkanes of at least 4 members (excludes halogenated alkanes) is 1. The Morgan fingerprint density at radius 2 is 2.00 bits per heavy atom. The lowest BCUT2D eigenvalue weighted by atomic mass is 9.99. The van der Waals surface area contributed by atoms with Crippen LogP contribution in [0, 0.1) is 5.92 Å². The normalized spacial score (nSPS) is 23.8. The third-order valence-electron chi connectivity index (χ3n) is 2.16. The van der Waals surface area contributed by atoms with Gasteiger partial charge in [0.2, 0.25) is 11.6 Å². The first-order valence-corrected chi connectivity index (χ1v) is 4.26. The molecule has 0 aromatic heterocycles. The Hall–Kier alpha value is -0.990. The van der Waals surface area contributed by atoms with Gasteiger partial charge < -0.3 is 0 Å². The summed E-state index contributed by atoms with van der Waals surface area (Å²) >= 11 is 0. The van der Waals surface area contributed by atoms with E-state index in [-0.39, 0.29) is 12.2 Å². The minimum absolute atomic E-state index is 0.160. The molecule has 0 N–H and O–H groups in total. The van der Waals surface area contributed by atoms with Crippen LogP contribution in [0.4, 0.5) is 0 Å². The Labute approximate surface area is 71.1 Å². The number of hydrogen-bond donors (Lipinski definition) is 0. The molecule has 0 unspecified atom stereocenters. The van der Waals surface area contributed by atoms with Crippen molar-refractivity contribution in [1.82, 2.24) is 0 Å². The summed E-state index contributed by atoms with van der Waals surface area (Å²) in [6.45, 7) is 1.99. The van der Waals surface area contributed by atoms with E-state index in [1.54, 1.807) is 0 Å². The SMILES string of the molecule is CCCC[C@@H]1C(=O)CC(=O)C1=O. The fraction of sp³-hybridized carbons (Fsp3) is 0.667. The van der Waals surface area contributed by atoms with Gasteiger partial charge in [0.1, 0.15) is 0 Å². The number of Topliss-reactive ketones (excluding diaryl/α,β-unsaturated/α-hetero) is 3. The fourth-order valence-corrected chi connectivity index (χ4v) is 1.41. The van der Waals surface area contributed by atoms with Gasteiger partial charge in [0.15, 0.2) is 5.78 Å². The molecular weight excluding hydrogens is 156 g/mol. The Kier molecular flexibility index (Phi) is 2.74. The average molecular weight is 168 g/mol. The van der Waals surface area contributed by atoms with Crippen LogP contribution in [0.2, 0.25) is 0 Å². The van der Waals surface area contributed by atoms with E-state index < -0.39 is 17.5 Å². The van der Waals surface area contributed by atoms with E-state index in [4.69, 9.17) is 0 Å². The van der Waals surface area contributed by atoms with Crippen LogP contribution >= 0.6 is 0 Å². The highest BCUT2D eigenvalue weighted by Gasteiger charge is 2.38. The van der Waals surface area contributed by atoms with Crippen LogP contribution in [0.25, 0.3) is 0 Å². The van der Waals surface area contributed by atoms with Crippen LogP contribution in [-0.2, 0) is 14.4 Å². The minimum atomic E-state index is -0.600. The summed E-state index contributed by atoms with van der Waals surface area (Å²) in [7, 11) is 0. The molecule has 1 atom stereocenters. The van der Waals surface area contributed by atoms with E-state index in [9.17, 15) is 14.4 Å². The van der Waals surface area contributed by atoms with Crippen molar-refractivity contribution in [3.05, 3.63) is 0 Å². The van der Waals surface area contributed by atoms with E-state index in [0.29, 0.717) is 6.42 Å². The second kappa shape index (κ2) is 3.61. The van der Waals surface area contributed by atoms with E-state index >= 15 is 0 Å². The van der Waals surface area contributed by atoms with Crippen LogP contribution in [0.5, 0.6) is 0 Å². The molecule has 3 heteroatoms. The third kappa shape index (κ3) is 1.60. The van der Waals surface area contributed by atoms with Crippen molar-refractivity contribution in [2.24, 2.45) is 5.92 Å². The molecule has 0 spiro atoms. The van der Waals surface area contributed by atoms with Crippen molar-refractivity contribution in [2.45, 2.75) is 32.6 Å². The lowest BCUT2D eigenvalue weighted by molar-refractivity contribution is -0.136. The predicted octanol–water partition coefficient (Wildman–Crippen LogP) is 0.904. The average Bonchev–Trinajstić information content (AvgIpc) is 2.25. The van der Waals surface area contributed by atoms with Crippen molar-refractivity contribution < 1.29 is 14.4 Å². The van der Waals surface area contributed by atoms with Gasteiger partial charge in [0, 0.05) is 0 Å². The maximum absolute atomic E-state index is 11.1. The van der Waals surface area contributed by atoms with Gasteiger partial charge in [-0.2, -0.15) is 0 Å². The van der Waals surface area contributed by atoms with Crippen LogP contribution in [0.3, 0.4) is 0 Å². The molecule has 0 amide bonds. The smallest absolute Gasteiger partial charge is 0.209 e. The maximum atomic E-state index is 11.1. The summed E-state index contributed by atoms with van der Waals surface area (Å²) in [5, 5.41) is 0. The van der Waals surface area contributed by atoms with E-state index in [1.165, 1.54) is 0 Å². The fourth-order valence-electron chi connectivity index (χ4n) is 1.41. The second-order valence-corrected chi connectivity index (χ2v) is 3.13. The van der Waals surface area contributed by atoms with Gasteiger partial charge >= 0.3 is 0 Å². The molecule has 0 radical (unpaired) electrons. The summed E-state index contributed by atoms with van der Waals surface area (Å²) in [6, 6.07) is 0. The number of carbonyl (C=O) groups excluding carboxylic acids is 3. The zero-order valence-corrected chi connectivity index (χ0v) is 7.13. The summed E-state index contributed by atoms with van der Waals surface area (Å²) in [6.07, 6.45) is 2.19. The molecule has 0 aromatic carbocycles. The van der Waals surface area contributed by atoms with Crippen molar-refractivity contribution in [3.63, 3.8) is 0 Å². The van der Waals surface area contributed by atoms with Gasteiger partial charge in [0.25, 0.3) is 0 Å². The first-order chi connectivity index (χ1) is 5.66. The molecule has 0 bridgehead atoms. The largest absolute Gasteiger partial charge is 0.298 e. The Balaban J connectivity index is 2.58. The standard InChI is InChI=1S/C9H12O3/c1-2-3-4-6-7(10)5-8(11)9(6)12/h6H,2-5H2,1H3/t6-/m1/s1. The number of carbonyl (C=O) groups is 3. The topological polar surface area (TPSA) is 51.2 Å². The first-order valence-electron chi connectivity index (χ1n) is 4.26. The molecular formula is C9H12O3. The second-order valence-electron chi connectivity index (χ2n) is 3.13. The van der Waals surface area contributed by atoms with Crippen LogP contribution < -0.4 is 0 Å². The summed E-state index contributed by atoms with van der Waals surface area (Å²) in [5.41, 5.74) is 0. The Bertz CT molecular complexity index is 230. The Morgan fingerprint density at radius 1 is 1.33 bits per heavy atom. The summed E-state index contributed by atoms with van der Waals surface area (Å²) in [4.78, 5) is 32.9. The summed E-state index contributed by atoms with van der Waals surface area (Å²) in [5.74, 6) is -1.74. The van der Waals surface area contributed by atoms with Gasteiger partial charge in [-0.25, -0.2) is 0 Å². The quantitative estimate of drug-likeness (QED) is 0.464. The molecule has 12 heavy (non-hydrogen) atoms. The highest BCUT2D eigenvalue weighted by molar-refractivity contribution is 6.49. The minimum Gasteiger partial charge on any atom is -0.298 e. The molecule has 66 valence electrons. The van der Waals surface area contributed by atoms with Crippen molar-refractivity contribution in [2.75, 3.05) is 0 Å². The highest BCUT2D eigenvalue weighted by Crippen LogP contribution is 2.20. The van der Waals surface area contributed by atoms with Gasteiger partial charge in [-0.3, -0.25) is 14.4 Å². The van der Waals surface area contributed by atoms with E-state index in [1.807, 2.05) is 6.92 Å². The molecule has 0 aromatic rings. The molecule has 3 nitrogen and oxygen atoms in total. The third-order valence-corrected chi connectivity index (χ3v) is 2.16. The van der Waals surface area contributed by atoms with Gasteiger partial charge in [-0.15, -0.1) is 0 Å². The van der Waals surface area contributed by atoms with Crippen LogP contribution in [0.1, 0.15) is 32.6 Å². The lowest BCUT2D eigenvalue weighted by Gasteiger charge is -2.02. The number of rotatable bonds is 3. The monoisotopic (exact) mass is 168 g/mol. The van der Waals surface area contributed by atoms with Crippen molar-refractivity contribution in [3.8, 4) is 0 Å². The molecule has 0 aliphatic heterocycles. The number of ketones is 3. The molecule has 1 rings (SSSR count).